The van der Waals surface area contributed by atoms with Gasteiger partial charge < -0.3 is 15.5 Å². The smallest absolute Gasteiger partial charge is 0.267 e. The second-order valence-corrected chi connectivity index (χ2v) is 5.09. The van der Waals surface area contributed by atoms with Crippen LogP contribution in [0.25, 0.3) is 6.08 Å². The summed E-state index contributed by atoms with van der Waals surface area (Å²) in [7, 11) is 0. The zero-order valence-corrected chi connectivity index (χ0v) is 11.6. The van der Waals surface area contributed by atoms with Gasteiger partial charge in [0.1, 0.15) is 0 Å². The topological polar surface area (TPSA) is 102 Å². The highest BCUT2D eigenvalue weighted by atomic mass is 16.5. The van der Waals surface area contributed by atoms with E-state index in [1.807, 2.05) is 18.2 Å². The fraction of sp³-hybridized carbons (Fsp3) is 0.400. The van der Waals surface area contributed by atoms with Crippen LogP contribution in [0.15, 0.2) is 24.3 Å². The number of aliphatic hydroxyl groups excluding tert-OH is 2. The molecule has 0 aromatic heterocycles. The zero-order chi connectivity index (χ0) is 15.2. The van der Waals surface area contributed by atoms with Gasteiger partial charge >= 0.3 is 0 Å². The molecule has 0 heterocycles. The summed E-state index contributed by atoms with van der Waals surface area (Å²) in [5.41, 5.74) is 4.78. The van der Waals surface area contributed by atoms with Crippen molar-refractivity contribution in [3.8, 4) is 0 Å². The van der Waals surface area contributed by atoms with Crippen molar-refractivity contribution in [1.82, 2.24) is 10.8 Å². The largest absolute Gasteiger partial charge is 0.395 e. The second kappa shape index (κ2) is 7.33. The molecule has 0 aliphatic heterocycles. The molecule has 0 radical (unpaired) electrons. The minimum absolute atomic E-state index is 0.0978. The Bertz CT molecular complexity index is 526. The first kappa shape index (κ1) is 15.7. The van der Waals surface area contributed by atoms with Gasteiger partial charge in [0.2, 0.25) is 0 Å². The Kier molecular flexibility index (Phi) is 5.46. The minimum atomic E-state index is -0.566. The first-order chi connectivity index (χ1) is 10.2. The number of rotatable bonds is 6. The van der Waals surface area contributed by atoms with Crippen molar-refractivity contribution in [3.63, 3.8) is 0 Å². The SMILES string of the molecule is O=C(C=Cc1ccc2c(c1)CCC2NC(CO)CO)NO. The lowest BCUT2D eigenvalue weighted by molar-refractivity contribution is -0.124. The molecule has 1 unspecified atom stereocenters. The number of aryl methyl sites for hydroxylation is 1. The number of hydroxylamine groups is 1. The van der Waals surface area contributed by atoms with Crippen LogP contribution < -0.4 is 10.8 Å². The third-order valence-corrected chi connectivity index (χ3v) is 3.66. The lowest BCUT2D eigenvalue weighted by Gasteiger charge is -2.20. The molecular formula is C15H20N2O4. The van der Waals surface area contributed by atoms with Crippen LogP contribution in [0.2, 0.25) is 0 Å². The van der Waals surface area contributed by atoms with E-state index in [2.05, 4.69) is 5.32 Å². The average molecular weight is 292 g/mol. The number of carbonyl (C=O) groups is 1. The summed E-state index contributed by atoms with van der Waals surface area (Å²) in [4.78, 5) is 11.0. The summed E-state index contributed by atoms with van der Waals surface area (Å²) in [6.45, 7) is -0.196. The normalized spacial score (nSPS) is 17.4. The van der Waals surface area contributed by atoms with E-state index in [-0.39, 0.29) is 25.3 Å². The molecular weight excluding hydrogens is 272 g/mol. The number of hydrogen-bond acceptors (Lipinski definition) is 5. The van der Waals surface area contributed by atoms with Gasteiger partial charge in [-0.25, -0.2) is 5.48 Å². The van der Waals surface area contributed by atoms with Gasteiger partial charge in [-0.3, -0.25) is 10.0 Å². The van der Waals surface area contributed by atoms with E-state index >= 15 is 0 Å². The van der Waals surface area contributed by atoms with Crippen molar-refractivity contribution in [2.45, 2.75) is 24.9 Å². The van der Waals surface area contributed by atoms with Crippen LogP contribution in [-0.4, -0.2) is 40.6 Å². The Morgan fingerprint density at radius 1 is 1.38 bits per heavy atom. The maximum atomic E-state index is 11.0. The Labute approximate surface area is 123 Å². The standard InChI is InChI=1S/C15H20N2O4/c18-8-12(9-19)16-14-5-3-11-7-10(1-4-13(11)14)2-6-15(20)17-21/h1-2,4,6-7,12,14,16,18-19,21H,3,5,8-9H2,(H,17,20). The predicted molar refractivity (Wildman–Crippen MR) is 77.6 cm³/mol. The fourth-order valence-electron chi connectivity index (χ4n) is 2.57. The highest BCUT2D eigenvalue weighted by Gasteiger charge is 2.24. The second-order valence-electron chi connectivity index (χ2n) is 5.09. The van der Waals surface area contributed by atoms with Crippen molar-refractivity contribution in [2.24, 2.45) is 0 Å². The number of nitrogens with one attached hydrogen (secondary N) is 2. The van der Waals surface area contributed by atoms with Crippen molar-refractivity contribution < 1.29 is 20.2 Å². The number of aliphatic hydroxyl groups is 2. The molecule has 1 aromatic rings. The minimum Gasteiger partial charge on any atom is -0.395 e. The molecule has 1 amide bonds. The molecule has 0 saturated heterocycles. The number of amides is 1. The Balaban J connectivity index is 2.09. The molecule has 0 fully saturated rings. The molecule has 1 aliphatic rings. The summed E-state index contributed by atoms with van der Waals surface area (Å²) in [6.07, 6.45) is 4.72. The summed E-state index contributed by atoms with van der Waals surface area (Å²) < 4.78 is 0. The maximum absolute atomic E-state index is 11.0. The molecule has 0 saturated carbocycles. The lowest BCUT2D eigenvalue weighted by atomic mass is 10.0. The van der Waals surface area contributed by atoms with Crippen LogP contribution >= 0.6 is 0 Å². The van der Waals surface area contributed by atoms with Crippen molar-refractivity contribution in [3.05, 3.63) is 41.0 Å². The van der Waals surface area contributed by atoms with Crippen molar-refractivity contribution in [2.75, 3.05) is 13.2 Å². The Morgan fingerprint density at radius 3 is 2.81 bits per heavy atom. The van der Waals surface area contributed by atoms with Gasteiger partial charge in [0.05, 0.1) is 19.3 Å². The highest BCUT2D eigenvalue weighted by molar-refractivity contribution is 5.90. The van der Waals surface area contributed by atoms with Gasteiger partial charge in [0.25, 0.3) is 5.91 Å². The number of carbonyl (C=O) groups excluding carboxylic acids is 1. The summed E-state index contributed by atoms with van der Waals surface area (Å²) >= 11 is 0. The van der Waals surface area contributed by atoms with E-state index in [4.69, 9.17) is 15.4 Å². The zero-order valence-electron chi connectivity index (χ0n) is 11.6. The molecule has 1 atom stereocenters. The molecule has 6 nitrogen and oxygen atoms in total. The number of benzene rings is 1. The highest BCUT2D eigenvalue weighted by Crippen LogP contribution is 2.32. The van der Waals surface area contributed by atoms with E-state index in [0.717, 1.165) is 24.0 Å². The van der Waals surface area contributed by atoms with Gasteiger partial charge in [-0.15, -0.1) is 0 Å². The van der Waals surface area contributed by atoms with Gasteiger partial charge in [0.15, 0.2) is 0 Å². The van der Waals surface area contributed by atoms with Crippen molar-refractivity contribution >= 4 is 12.0 Å². The molecule has 2 rings (SSSR count). The van der Waals surface area contributed by atoms with Crippen LogP contribution in [0.4, 0.5) is 0 Å². The molecule has 0 bridgehead atoms. The van der Waals surface area contributed by atoms with Crippen LogP contribution in [0.5, 0.6) is 0 Å². The number of fused-ring (bicyclic) bond motifs is 1. The monoisotopic (exact) mass is 292 g/mol. The van der Waals surface area contributed by atoms with E-state index < -0.39 is 5.91 Å². The van der Waals surface area contributed by atoms with Crippen LogP contribution in [0.1, 0.15) is 29.2 Å². The first-order valence-corrected chi connectivity index (χ1v) is 6.90. The molecule has 114 valence electrons. The summed E-state index contributed by atoms with van der Waals surface area (Å²) in [6, 6.07) is 5.71. The van der Waals surface area contributed by atoms with Gasteiger partial charge in [0, 0.05) is 12.1 Å². The lowest BCUT2D eigenvalue weighted by Crippen LogP contribution is -2.37. The fourth-order valence-corrected chi connectivity index (χ4v) is 2.57. The van der Waals surface area contributed by atoms with E-state index in [9.17, 15) is 4.79 Å². The Hall–Kier alpha value is -1.73. The van der Waals surface area contributed by atoms with Crippen LogP contribution in [0, 0.1) is 0 Å². The Morgan fingerprint density at radius 2 is 2.14 bits per heavy atom. The summed E-state index contributed by atoms with van der Waals surface area (Å²) in [5.74, 6) is -0.566. The third-order valence-electron chi connectivity index (χ3n) is 3.66. The first-order valence-electron chi connectivity index (χ1n) is 6.90. The van der Waals surface area contributed by atoms with Gasteiger partial charge in [-0.2, -0.15) is 0 Å². The molecule has 6 heteroatoms. The van der Waals surface area contributed by atoms with Gasteiger partial charge in [-0.05, 0) is 35.6 Å². The maximum Gasteiger partial charge on any atom is 0.267 e. The molecule has 0 spiro atoms. The molecule has 1 aliphatic carbocycles. The third kappa shape index (κ3) is 3.89. The van der Waals surface area contributed by atoms with E-state index in [1.165, 1.54) is 11.6 Å². The molecule has 21 heavy (non-hydrogen) atoms. The average Bonchev–Trinajstić information content (AvgIpc) is 2.92. The molecule has 5 N–H and O–H groups in total. The van der Waals surface area contributed by atoms with Crippen molar-refractivity contribution in [1.29, 1.82) is 0 Å². The van der Waals surface area contributed by atoms with E-state index in [0.29, 0.717) is 0 Å². The number of hydrogen-bond donors (Lipinski definition) is 5. The quantitative estimate of drug-likeness (QED) is 0.291. The van der Waals surface area contributed by atoms with Crippen LogP contribution in [-0.2, 0) is 11.2 Å². The van der Waals surface area contributed by atoms with Gasteiger partial charge in [-0.1, -0.05) is 18.2 Å². The van der Waals surface area contributed by atoms with Crippen LogP contribution in [0.3, 0.4) is 0 Å². The molecule has 1 aromatic carbocycles. The van der Waals surface area contributed by atoms with E-state index in [1.54, 1.807) is 11.6 Å². The predicted octanol–water partition coefficient (Wildman–Crippen LogP) is 0.135. The summed E-state index contributed by atoms with van der Waals surface area (Å²) in [5, 5.41) is 29.9.